The second kappa shape index (κ2) is 7.25. The summed E-state index contributed by atoms with van der Waals surface area (Å²) in [6.07, 6.45) is 7.73. The molecule has 4 rings (SSSR count). The Labute approximate surface area is 172 Å². The van der Waals surface area contributed by atoms with Gasteiger partial charge < -0.3 is 15.1 Å². The lowest BCUT2D eigenvalue weighted by molar-refractivity contribution is -0.155. The molecule has 4 aliphatic rings. The molecule has 0 bridgehead atoms. The molecule has 3 saturated heterocycles. The van der Waals surface area contributed by atoms with Gasteiger partial charge in [0.15, 0.2) is 9.84 Å². The van der Waals surface area contributed by atoms with Gasteiger partial charge in [0.05, 0.1) is 11.2 Å². The molecule has 8 nitrogen and oxygen atoms in total. The van der Waals surface area contributed by atoms with E-state index >= 15 is 0 Å². The van der Waals surface area contributed by atoms with Crippen molar-refractivity contribution < 1.29 is 22.8 Å². The van der Waals surface area contributed by atoms with Crippen LogP contribution in [-0.2, 0) is 24.2 Å². The molecule has 4 fully saturated rings. The molecule has 0 aromatic carbocycles. The molecule has 0 spiro atoms. The maximum atomic E-state index is 13.4. The van der Waals surface area contributed by atoms with Crippen LogP contribution in [0.2, 0.25) is 0 Å². The summed E-state index contributed by atoms with van der Waals surface area (Å²) in [4.78, 5) is 41.3. The predicted molar refractivity (Wildman–Crippen MR) is 106 cm³/mol. The van der Waals surface area contributed by atoms with Crippen molar-refractivity contribution >= 4 is 27.6 Å². The van der Waals surface area contributed by atoms with Gasteiger partial charge in [-0.25, -0.2) is 8.42 Å². The van der Waals surface area contributed by atoms with Crippen molar-refractivity contribution in [3.63, 3.8) is 0 Å². The van der Waals surface area contributed by atoms with Crippen LogP contribution in [0.1, 0.15) is 71.6 Å². The summed E-state index contributed by atoms with van der Waals surface area (Å²) in [6.45, 7) is 3.46. The summed E-state index contributed by atoms with van der Waals surface area (Å²) in [5, 5.41) is 2.22. The number of likely N-dealkylation sites (tertiary alicyclic amines) is 1. The number of rotatable bonds is 3. The molecular weight excluding hydrogens is 394 g/mol. The Kier molecular flexibility index (Phi) is 5.16. The van der Waals surface area contributed by atoms with Crippen molar-refractivity contribution in [2.75, 3.05) is 6.54 Å². The zero-order valence-electron chi connectivity index (χ0n) is 17.2. The second-order valence-electron chi connectivity index (χ2n) is 9.40. The first-order valence-electron chi connectivity index (χ1n) is 10.8. The van der Waals surface area contributed by atoms with E-state index in [1.807, 2.05) is 0 Å². The predicted octanol–water partition coefficient (Wildman–Crippen LogP) is 0.950. The Morgan fingerprint density at radius 2 is 1.69 bits per heavy atom. The molecule has 3 amide bonds. The largest absolute Gasteiger partial charge is 0.352 e. The van der Waals surface area contributed by atoms with Gasteiger partial charge in [0, 0.05) is 12.6 Å². The van der Waals surface area contributed by atoms with Crippen LogP contribution < -0.4 is 5.32 Å². The third-order valence-electron chi connectivity index (χ3n) is 7.25. The molecule has 1 saturated carbocycles. The molecule has 0 aromatic heterocycles. The molecule has 29 heavy (non-hydrogen) atoms. The number of fused-ring (bicyclic) bond motifs is 1. The van der Waals surface area contributed by atoms with E-state index in [-0.39, 0.29) is 24.3 Å². The van der Waals surface area contributed by atoms with Crippen molar-refractivity contribution in [1.82, 2.24) is 15.1 Å². The van der Waals surface area contributed by atoms with Gasteiger partial charge in [-0.05, 0) is 39.5 Å². The molecule has 3 unspecified atom stereocenters. The molecule has 0 radical (unpaired) electrons. The van der Waals surface area contributed by atoms with Crippen molar-refractivity contribution in [1.29, 1.82) is 0 Å². The van der Waals surface area contributed by atoms with Crippen LogP contribution in [0.15, 0.2) is 0 Å². The molecule has 1 aliphatic carbocycles. The van der Waals surface area contributed by atoms with Crippen LogP contribution in [0.25, 0.3) is 0 Å². The third-order valence-corrected chi connectivity index (χ3v) is 10.0. The number of carbonyl (C=O) groups is 3. The number of amides is 3. The average molecular weight is 426 g/mol. The number of carbonyl (C=O) groups excluding carboxylic acids is 3. The highest BCUT2D eigenvalue weighted by molar-refractivity contribution is 7.93. The molecule has 3 heterocycles. The first-order chi connectivity index (χ1) is 13.7. The second-order valence-corrected chi connectivity index (χ2v) is 12.1. The van der Waals surface area contributed by atoms with E-state index in [1.54, 1.807) is 0 Å². The van der Waals surface area contributed by atoms with E-state index in [4.69, 9.17) is 0 Å². The van der Waals surface area contributed by atoms with Gasteiger partial charge in [-0.15, -0.1) is 0 Å². The fraction of sp³-hybridized carbons (Fsp3) is 0.850. The standard InChI is InChI=1S/C20H31N3O5S/c1-20(2)17(23-15(24)12-16(23)29(20,27)28)19(26)22-11-7-10-14(22)18(25)21-13-8-5-3-4-6-9-13/h13-14,16-17H,3-12H2,1-2H3,(H,21,25). The zero-order valence-corrected chi connectivity index (χ0v) is 18.0. The molecule has 0 aromatic rings. The van der Waals surface area contributed by atoms with Crippen LogP contribution in [0.4, 0.5) is 0 Å². The van der Waals surface area contributed by atoms with Crippen LogP contribution in [-0.4, -0.2) is 70.7 Å². The third kappa shape index (κ3) is 3.16. The van der Waals surface area contributed by atoms with Gasteiger partial charge in [-0.3, -0.25) is 14.4 Å². The van der Waals surface area contributed by atoms with Crippen molar-refractivity contribution in [2.24, 2.45) is 0 Å². The summed E-state index contributed by atoms with van der Waals surface area (Å²) in [6, 6.07) is -1.49. The molecule has 162 valence electrons. The average Bonchev–Trinajstić information content (AvgIpc) is 3.06. The molecule has 1 N–H and O–H groups in total. The number of β-lactam (4-membered cyclic amide) rings is 1. The van der Waals surface area contributed by atoms with E-state index < -0.39 is 37.9 Å². The Morgan fingerprint density at radius 1 is 1.03 bits per heavy atom. The van der Waals surface area contributed by atoms with E-state index in [9.17, 15) is 22.8 Å². The summed E-state index contributed by atoms with van der Waals surface area (Å²) in [7, 11) is -3.63. The van der Waals surface area contributed by atoms with Gasteiger partial charge in [0.25, 0.3) is 0 Å². The Hall–Kier alpha value is -1.64. The Balaban J connectivity index is 1.52. The molecule has 3 atom stereocenters. The summed E-state index contributed by atoms with van der Waals surface area (Å²) < 4.78 is 24.3. The number of hydrogen-bond donors (Lipinski definition) is 1. The Morgan fingerprint density at radius 3 is 2.31 bits per heavy atom. The first-order valence-corrected chi connectivity index (χ1v) is 12.4. The number of nitrogens with zero attached hydrogens (tertiary/aromatic N) is 2. The van der Waals surface area contributed by atoms with Crippen LogP contribution >= 0.6 is 0 Å². The number of sulfone groups is 1. The number of hydrogen-bond acceptors (Lipinski definition) is 5. The van der Waals surface area contributed by atoms with Gasteiger partial charge in [0.1, 0.15) is 17.5 Å². The molecular formula is C20H31N3O5S. The minimum absolute atomic E-state index is 0.0544. The lowest BCUT2D eigenvalue weighted by Gasteiger charge is -2.39. The lowest BCUT2D eigenvalue weighted by Crippen LogP contribution is -2.61. The van der Waals surface area contributed by atoms with Crippen molar-refractivity contribution in [3.8, 4) is 0 Å². The maximum Gasteiger partial charge on any atom is 0.247 e. The van der Waals surface area contributed by atoms with Crippen molar-refractivity contribution in [2.45, 2.75) is 99.9 Å². The zero-order chi connectivity index (χ0) is 21.0. The highest BCUT2D eigenvalue weighted by Gasteiger charge is 2.68. The van der Waals surface area contributed by atoms with E-state index in [0.717, 1.165) is 25.7 Å². The quantitative estimate of drug-likeness (QED) is 0.536. The smallest absolute Gasteiger partial charge is 0.247 e. The fourth-order valence-electron chi connectivity index (χ4n) is 5.41. The number of nitrogens with one attached hydrogen (secondary N) is 1. The van der Waals surface area contributed by atoms with Crippen LogP contribution in [0.3, 0.4) is 0 Å². The normalized spacial score (nSPS) is 33.7. The van der Waals surface area contributed by atoms with Crippen LogP contribution in [0, 0.1) is 0 Å². The highest BCUT2D eigenvalue weighted by atomic mass is 32.2. The first kappa shape index (κ1) is 20.6. The lowest BCUT2D eigenvalue weighted by atomic mass is 9.96. The topological polar surface area (TPSA) is 104 Å². The van der Waals surface area contributed by atoms with Gasteiger partial charge >= 0.3 is 0 Å². The van der Waals surface area contributed by atoms with Gasteiger partial charge in [0.2, 0.25) is 17.7 Å². The van der Waals surface area contributed by atoms with Gasteiger partial charge in [-0.1, -0.05) is 25.7 Å². The molecule has 3 aliphatic heterocycles. The van der Waals surface area contributed by atoms with Gasteiger partial charge in [-0.2, -0.15) is 0 Å². The summed E-state index contributed by atoms with van der Waals surface area (Å²) >= 11 is 0. The highest BCUT2D eigenvalue weighted by Crippen LogP contribution is 2.46. The fourth-order valence-corrected chi connectivity index (χ4v) is 7.54. The van der Waals surface area contributed by atoms with E-state index in [2.05, 4.69) is 5.32 Å². The Bertz CT molecular complexity index is 816. The minimum Gasteiger partial charge on any atom is -0.352 e. The minimum atomic E-state index is -3.63. The van der Waals surface area contributed by atoms with Crippen molar-refractivity contribution in [3.05, 3.63) is 0 Å². The monoisotopic (exact) mass is 425 g/mol. The van der Waals surface area contributed by atoms with Crippen LogP contribution in [0.5, 0.6) is 0 Å². The summed E-state index contributed by atoms with van der Waals surface area (Å²) in [5.41, 5.74) is 0. The SMILES string of the molecule is CC1(C)C(C(=O)N2CCCC2C(=O)NC2CCCCCC2)N2C(=O)CC2S1(=O)=O. The van der Waals surface area contributed by atoms with E-state index in [0.29, 0.717) is 19.4 Å². The van der Waals surface area contributed by atoms with E-state index in [1.165, 1.54) is 36.5 Å². The summed E-state index contributed by atoms with van der Waals surface area (Å²) in [5.74, 6) is -0.860. The maximum absolute atomic E-state index is 13.4. The molecule has 9 heteroatoms.